The molecule has 2 rings (SSSR count). The van der Waals surface area contributed by atoms with E-state index in [4.69, 9.17) is 5.11 Å². The molecule has 0 spiro atoms. The Kier molecular flexibility index (Phi) is 6.99. The van der Waals surface area contributed by atoms with E-state index in [1.54, 1.807) is 23.9 Å². The van der Waals surface area contributed by atoms with E-state index in [1.165, 1.54) is 6.07 Å². The molecular formula is C16H23FN2O2S. The Balaban J connectivity index is 1.81. The summed E-state index contributed by atoms with van der Waals surface area (Å²) in [4.78, 5) is 14.0. The Morgan fingerprint density at radius 1 is 1.32 bits per heavy atom. The van der Waals surface area contributed by atoms with Gasteiger partial charge in [0.25, 0.3) is 5.91 Å². The van der Waals surface area contributed by atoms with Crippen LogP contribution in [-0.4, -0.2) is 48.8 Å². The molecule has 1 aliphatic rings. The van der Waals surface area contributed by atoms with E-state index in [9.17, 15) is 9.18 Å². The average Bonchev–Trinajstić information content (AvgIpc) is 3.04. The number of aliphatic hydroxyl groups excluding tert-OH is 1. The van der Waals surface area contributed by atoms with Gasteiger partial charge in [0.05, 0.1) is 5.69 Å². The van der Waals surface area contributed by atoms with Gasteiger partial charge in [-0.2, -0.15) is 11.8 Å². The lowest BCUT2D eigenvalue weighted by Gasteiger charge is -2.18. The summed E-state index contributed by atoms with van der Waals surface area (Å²) in [5.41, 5.74) is 0.953. The zero-order valence-electron chi connectivity index (χ0n) is 12.7. The van der Waals surface area contributed by atoms with E-state index in [-0.39, 0.29) is 18.3 Å². The Bertz CT molecular complexity index is 493. The van der Waals surface area contributed by atoms with E-state index < -0.39 is 0 Å². The highest BCUT2D eigenvalue weighted by molar-refractivity contribution is 7.99. The molecule has 0 radical (unpaired) electrons. The number of aliphatic hydroxyl groups is 1. The zero-order valence-corrected chi connectivity index (χ0v) is 13.5. The van der Waals surface area contributed by atoms with E-state index >= 15 is 0 Å². The van der Waals surface area contributed by atoms with E-state index in [0.717, 1.165) is 43.9 Å². The van der Waals surface area contributed by atoms with Crippen LogP contribution in [0.2, 0.25) is 0 Å². The van der Waals surface area contributed by atoms with Crippen molar-refractivity contribution in [1.29, 1.82) is 0 Å². The Hall–Kier alpha value is -1.27. The van der Waals surface area contributed by atoms with Gasteiger partial charge in [-0.3, -0.25) is 4.79 Å². The van der Waals surface area contributed by atoms with E-state index in [1.807, 2.05) is 4.90 Å². The average molecular weight is 326 g/mol. The van der Waals surface area contributed by atoms with Gasteiger partial charge in [0, 0.05) is 37.6 Å². The van der Waals surface area contributed by atoms with Crippen molar-refractivity contribution in [3.63, 3.8) is 0 Å². The van der Waals surface area contributed by atoms with Crippen molar-refractivity contribution in [1.82, 2.24) is 5.32 Å². The number of anilines is 1. The molecule has 1 saturated heterocycles. The quantitative estimate of drug-likeness (QED) is 0.720. The largest absolute Gasteiger partial charge is 0.396 e. The molecule has 122 valence electrons. The van der Waals surface area contributed by atoms with Gasteiger partial charge in [-0.1, -0.05) is 0 Å². The summed E-state index contributed by atoms with van der Waals surface area (Å²) in [6.45, 7) is 2.51. The van der Waals surface area contributed by atoms with Crippen LogP contribution in [0.4, 0.5) is 10.1 Å². The first-order valence-electron chi connectivity index (χ1n) is 7.73. The Morgan fingerprint density at radius 3 is 2.77 bits per heavy atom. The zero-order chi connectivity index (χ0) is 15.8. The molecule has 1 amide bonds. The second kappa shape index (κ2) is 9.00. The van der Waals surface area contributed by atoms with Gasteiger partial charge in [-0.05, 0) is 43.2 Å². The number of halogens is 1. The first kappa shape index (κ1) is 17.1. The number of hydrogen-bond donors (Lipinski definition) is 2. The standard InChI is InChI=1S/C16H23FN2O2S/c17-14-12-13(4-5-15(14)19-7-1-2-8-19)16(21)18-6-11-22-10-3-9-20/h4-5,12,20H,1-3,6-11H2,(H,18,21). The lowest BCUT2D eigenvalue weighted by Crippen LogP contribution is -2.26. The summed E-state index contributed by atoms with van der Waals surface area (Å²) in [6.07, 6.45) is 2.95. The maximum Gasteiger partial charge on any atom is 0.251 e. The van der Waals surface area contributed by atoms with Crippen LogP contribution in [0.1, 0.15) is 29.6 Å². The molecule has 0 atom stereocenters. The first-order chi connectivity index (χ1) is 10.7. The molecule has 0 aromatic heterocycles. The molecule has 0 unspecified atom stereocenters. The molecule has 1 heterocycles. The van der Waals surface area contributed by atoms with Crippen LogP contribution in [0.3, 0.4) is 0 Å². The van der Waals surface area contributed by atoms with Gasteiger partial charge in [0.2, 0.25) is 0 Å². The van der Waals surface area contributed by atoms with Crippen molar-refractivity contribution in [2.24, 2.45) is 0 Å². The highest BCUT2D eigenvalue weighted by Gasteiger charge is 2.17. The molecule has 22 heavy (non-hydrogen) atoms. The van der Waals surface area contributed by atoms with Crippen LogP contribution in [0.15, 0.2) is 18.2 Å². The third-order valence-electron chi connectivity index (χ3n) is 3.64. The van der Waals surface area contributed by atoms with Crippen LogP contribution in [0, 0.1) is 5.82 Å². The van der Waals surface area contributed by atoms with Crippen molar-refractivity contribution >= 4 is 23.4 Å². The maximum atomic E-state index is 14.1. The number of carbonyl (C=O) groups is 1. The predicted molar refractivity (Wildman–Crippen MR) is 89.2 cm³/mol. The van der Waals surface area contributed by atoms with Gasteiger partial charge in [0.15, 0.2) is 0 Å². The fourth-order valence-corrected chi connectivity index (χ4v) is 3.25. The molecule has 0 aliphatic carbocycles. The second-order valence-electron chi connectivity index (χ2n) is 5.31. The number of nitrogens with one attached hydrogen (secondary N) is 1. The van der Waals surface area contributed by atoms with Crippen molar-refractivity contribution in [2.45, 2.75) is 19.3 Å². The van der Waals surface area contributed by atoms with Crippen molar-refractivity contribution < 1.29 is 14.3 Å². The minimum Gasteiger partial charge on any atom is -0.396 e. The van der Waals surface area contributed by atoms with Crippen LogP contribution in [0.25, 0.3) is 0 Å². The highest BCUT2D eigenvalue weighted by Crippen LogP contribution is 2.24. The summed E-state index contributed by atoms with van der Waals surface area (Å²) in [7, 11) is 0. The smallest absolute Gasteiger partial charge is 0.251 e. The minimum atomic E-state index is -0.327. The summed E-state index contributed by atoms with van der Waals surface area (Å²) in [6, 6.07) is 4.71. The Labute approximate surface area is 135 Å². The Morgan fingerprint density at radius 2 is 2.09 bits per heavy atom. The number of rotatable bonds is 8. The van der Waals surface area contributed by atoms with E-state index in [2.05, 4.69) is 5.32 Å². The van der Waals surface area contributed by atoms with Crippen LogP contribution >= 0.6 is 11.8 Å². The summed E-state index contributed by atoms with van der Waals surface area (Å²) in [5, 5.41) is 11.5. The third-order valence-corrected chi connectivity index (χ3v) is 4.71. The van der Waals surface area contributed by atoms with Crippen LogP contribution in [0.5, 0.6) is 0 Å². The van der Waals surface area contributed by atoms with Gasteiger partial charge >= 0.3 is 0 Å². The minimum absolute atomic E-state index is 0.196. The summed E-state index contributed by atoms with van der Waals surface area (Å²) < 4.78 is 14.1. The molecule has 0 saturated carbocycles. The van der Waals surface area contributed by atoms with Crippen molar-refractivity contribution in [3.8, 4) is 0 Å². The third kappa shape index (κ3) is 4.88. The highest BCUT2D eigenvalue weighted by atomic mass is 32.2. The first-order valence-corrected chi connectivity index (χ1v) is 8.89. The number of carbonyl (C=O) groups excluding carboxylic acids is 1. The number of hydrogen-bond acceptors (Lipinski definition) is 4. The lowest BCUT2D eigenvalue weighted by atomic mass is 10.1. The SMILES string of the molecule is O=C(NCCSCCCO)c1ccc(N2CCCC2)c(F)c1. The topological polar surface area (TPSA) is 52.6 Å². The molecule has 6 heteroatoms. The molecule has 0 bridgehead atoms. The molecule has 1 fully saturated rings. The fraction of sp³-hybridized carbons (Fsp3) is 0.562. The molecule has 1 aromatic carbocycles. The second-order valence-corrected chi connectivity index (χ2v) is 6.53. The summed E-state index contributed by atoms with van der Waals surface area (Å²) in [5.74, 6) is 1.10. The van der Waals surface area contributed by atoms with Gasteiger partial charge in [-0.25, -0.2) is 4.39 Å². The van der Waals surface area contributed by atoms with Crippen molar-refractivity contribution in [3.05, 3.63) is 29.6 Å². The van der Waals surface area contributed by atoms with Gasteiger partial charge < -0.3 is 15.3 Å². The molecule has 4 nitrogen and oxygen atoms in total. The molecular weight excluding hydrogens is 303 g/mol. The number of nitrogens with zero attached hydrogens (tertiary/aromatic N) is 1. The number of thioether (sulfide) groups is 1. The lowest BCUT2D eigenvalue weighted by molar-refractivity contribution is 0.0955. The number of amides is 1. The molecule has 1 aliphatic heterocycles. The van der Waals surface area contributed by atoms with E-state index in [0.29, 0.717) is 17.8 Å². The number of benzene rings is 1. The predicted octanol–water partition coefficient (Wildman–Crippen LogP) is 2.27. The maximum absolute atomic E-state index is 14.1. The monoisotopic (exact) mass is 326 g/mol. The molecule has 2 N–H and O–H groups in total. The van der Waals surface area contributed by atoms with Crippen molar-refractivity contribution in [2.75, 3.05) is 42.6 Å². The van der Waals surface area contributed by atoms with Gasteiger partial charge in [-0.15, -0.1) is 0 Å². The normalized spacial score (nSPS) is 14.4. The van der Waals surface area contributed by atoms with Gasteiger partial charge in [0.1, 0.15) is 5.82 Å². The molecule has 1 aromatic rings. The van der Waals surface area contributed by atoms with Crippen LogP contribution in [-0.2, 0) is 0 Å². The summed E-state index contributed by atoms with van der Waals surface area (Å²) >= 11 is 1.68. The fourth-order valence-electron chi connectivity index (χ4n) is 2.47. The van der Waals surface area contributed by atoms with Crippen LogP contribution < -0.4 is 10.2 Å².